The third-order valence-electron chi connectivity index (χ3n) is 11.4. The number of carbonyl (C=O) groups is 2. The Kier molecular flexibility index (Phi) is 6.79. The lowest BCUT2D eigenvalue weighted by atomic mass is 9.46. The Hall–Kier alpha value is -3.56. The van der Waals surface area contributed by atoms with Crippen LogP contribution >= 0.6 is 0 Å². The van der Waals surface area contributed by atoms with Crippen LogP contribution in [-0.2, 0) is 14.3 Å². The van der Waals surface area contributed by atoms with E-state index in [4.69, 9.17) is 19.9 Å². The van der Waals surface area contributed by atoms with E-state index in [9.17, 15) is 19.8 Å². The first-order valence-corrected chi connectivity index (χ1v) is 15.4. The second-order valence-corrected chi connectivity index (χ2v) is 13.6. The molecule has 0 amide bonds. The smallest absolute Gasteiger partial charge is 0.343 e. The maximum absolute atomic E-state index is 13.8. The van der Waals surface area contributed by atoms with Crippen molar-refractivity contribution in [3.8, 4) is 5.75 Å². The number of hydrogen-bond donors (Lipinski definition) is 3. The van der Waals surface area contributed by atoms with E-state index in [0.29, 0.717) is 35.4 Å². The largest absolute Gasteiger partial charge is 0.423 e. The summed E-state index contributed by atoms with van der Waals surface area (Å²) in [5.74, 6) is -0.371. The molecule has 1 aliphatic heterocycles. The number of fused-ring (bicyclic) bond motifs is 7. The SMILES string of the molecule is C=C1C=C[C@@]2(C)C(=C1)CC[C@@H]1[C@@H]2[C@@H](O)C[C@@]2(C)[C@H]1C[C@H]1O[C@H](c3ccc(C(=O)Oc4cccc(N)c4)cc3)O[C@]12C(=O)CO. The van der Waals surface area contributed by atoms with Crippen molar-refractivity contribution in [2.75, 3.05) is 12.3 Å². The Morgan fingerprint density at radius 2 is 1.93 bits per heavy atom. The molecule has 2 aromatic carbocycles. The number of esters is 1. The fraction of sp³-hybridized carbons (Fsp3) is 0.444. The van der Waals surface area contributed by atoms with Gasteiger partial charge in [0.05, 0.1) is 17.8 Å². The Labute approximate surface area is 257 Å². The van der Waals surface area contributed by atoms with Crippen LogP contribution in [0, 0.1) is 28.6 Å². The first-order valence-electron chi connectivity index (χ1n) is 15.4. The molecule has 8 nitrogen and oxygen atoms in total. The standard InChI is InChI=1S/C36H39NO7/c1-20-13-14-34(2)23(15-20)11-12-26-27-17-30-36(29(40)19-38,35(27,3)18-28(39)31(26)34)44-33(43-30)22-9-7-21(8-10-22)32(41)42-25-6-4-5-24(37)16-25/h4-10,13-16,26-28,30-31,33,38-39H,1,11-12,17-19,37H2,2-3H3/t26-,27-,28-,30+,31+,33-,34-,35-,36+/m0/s1. The minimum atomic E-state index is -1.40. The number of nitrogens with two attached hydrogens (primary N) is 1. The second-order valence-electron chi connectivity index (χ2n) is 13.6. The van der Waals surface area contributed by atoms with E-state index in [1.807, 2.05) is 13.0 Å². The van der Waals surface area contributed by atoms with Crippen LogP contribution in [0.15, 0.2) is 84.5 Å². The molecule has 5 aliphatic rings. The molecule has 2 aromatic rings. The van der Waals surface area contributed by atoms with E-state index in [2.05, 4.69) is 25.7 Å². The number of anilines is 1. The second kappa shape index (κ2) is 10.2. The number of aliphatic hydroxyl groups is 2. The van der Waals surface area contributed by atoms with Crippen LogP contribution in [0.5, 0.6) is 5.75 Å². The summed E-state index contributed by atoms with van der Waals surface area (Å²) < 4.78 is 18.6. The van der Waals surface area contributed by atoms with Gasteiger partial charge in [-0.2, -0.15) is 0 Å². The maximum Gasteiger partial charge on any atom is 0.343 e. The fourth-order valence-corrected chi connectivity index (χ4v) is 9.43. The zero-order valence-electron chi connectivity index (χ0n) is 25.1. The average Bonchev–Trinajstić information content (AvgIpc) is 3.50. The van der Waals surface area contributed by atoms with Crippen LogP contribution < -0.4 is 10.5 Å². The lowest BCUT2D eigenvalue weighted by Gasteiger charge is -2.59. The molecule has 230 valence electrons. The zero-order chi connectivity index (χ0) is 31.0. The Bertz CT molecular complexity index is 1600. The van der Waals surface area contributed by atoms with Gasteiger partial charge in [0.2, 0.25) is 0 Å². The molecule has 1 heterocycles. The van der Waals surface area contributed by atoms with Gasteiger partial charge in [0.15, 0.2) is 17.7 Å². The number of rotatable bonds is 5. The van der Waals surface area contributed by atoms with E-state index < -0.39 is 47.9 Å². The van der Waals surface area contributed by atoms with Crippen molar-refractivity contribution in [2.45, 2.75) is 63.6 Å². The molecule has 0 spiro atoms. The van der Waals surface area contributed by atoms with Crippen molar-refractivity contribution >= 4 is 17.4 Å². The summed E-state index contributed by atoms with van der Waals surface area (Å²) in [6, 6.07) is 13.4. The summed E-state index contributed by atoms with van der Waals surface area (Å²) in [7, 11) is 0. The number of ether oxygens (including phenoxy) is 3. The molecule has 7 rings (SSSR count). The number of aliphatic hydroxyl groups excluding tert-OH is 2. The van der Waals surface area contributed by atoms with Gasteiger partial charge in [-0.25, -0.2) is 4.79 Å². The van der Waals surface area contributed by atoms with Gasteiger partial charge in [0.25, 0.3) is 0 Å². The summed E-state index contributed by atoms with van der Waals surface area (Å²) >= 11 is 0. The third kappa shape index (κ3) is 4.11. The van der Waals surface area contributed by atoms with Crippen LogP contribution in [0.25, 0.3) is 0 Å². The van der Waals surface area contributed by atoms with Crippen LogP contribution in [0.2, 0.25) is 0 Å². The molecule has 4 aliphatic carbocycles. The van der Waals surface area contributed by atoms with Crippen LogP contribution in [-0.4, -0.2) is 46.4 Å². The molecule has 4 N–H and O–H groups in total. The third-order valence-corrected chi connectivity index (χ3v) is 11.4. The Morgan fingerprint density at radius 3 is 2.66 bits per heavy atom. The quantitative estimate of drug-likeness (QED) is 0.247. The topological polar surface area (TPSA) is 128 Å². The molecule has 0 aromatic heterocycles. The van der Waals surface area contributed by atoms with E-state index in [1.165, 1.54) is 5.57 Å². The molecule has 0 unspecified atom stereocenters. The van der Waals surface area contributed by atoms with Gasteiger partial charge >= 0.3 is 5.97 Å². The summed E-state index contributed by atoms with van der Waals surface area (Å²) in [4.78, 5) is 26.5. The molecular weight excluding hydrogens is 558 g/mol. The zero-order valence-corrected chi connectivity index (χ0v) is 25.1. The molecule has 8 heteroatoms. The van der Waals surface area contributed by atoms with E-state index >= 15 is 0 Å². The molecular formula is C36H39NO7. The lowest BCUT2D eigenvalue weighted by molar-refractivity contribution is -0.201. The molecule has 0 bridgehead atoms. The van der Waals surface area contributed by atoms with E-state index in [0.717, 1.165) is 18.4 Å². The highest BCUT2D eigenvalue weighted by atomic mass is 16.7. The number of carbonyl (C=O) groups excluding carboxylic acids is 2. The lowest BCUT2D eigenvalue weighted by Crippen LogP contribution is -2.63. The Balaban J connectivity index is 1.15. The minimum Gasteiger partial charge on any atom is -0.423 e. The van der Waals surface area contributed by atoms with Crippen LogP contribution in [0.3, 0.4) is 0 Å². The highest BCUT2D eigenvalue weighted by molar-refractivity contribution is 5.92. The summed E-state index contributed by atoms with van der Waals surface area (Å²) in [6.45, 7) is 7.70. The average molecular weight is 598 g/mol. The van der Waals surface area contributed by atoms with Gasteiger partial charge in [-0.1, -0.05) is 62.4 Å². The molecule has 3 saturated carbocycles. The number of nitrogen functional groups attached to an aromatic ring is 1. The van der Waals surface area contributed by atoms with Crippen molar-refractivity contribution in [2.24, 2.45) is 28.6 Å². The van der Waals surface area contributed by atoms with Crippen molar-refractivity contribution in [1.82, 2.24) is 0 Å². The monoisotopic (exact) mass is 597 g/mol. The minimum absolute atomic E-state index is 0.000421. The highest BCUT2D eigenvalue weighted by Gasteiger charge is 2.75. The van der Waals surface area contributed by atoms with Crippen molar-refractivity contribution in [3.63, 3.8) is 0 Å². The highest BCUT2D eigenvalue weighted by Crippen LogP contribution is 2.70. The van der Waals surface area contributed by atoms with Crippen molar-refractivity contribution < 1.29 is 34.0 Å². The number of Topliss-reactive ketones (excluding diaryl/α,β-unsaturated/α-hetero) is 1. The Morgan fingerprint density at radius 1 is 1.16 bits per heavy atom. The molecule has 4 fully saturated rings. The van der Waals surface area contributed by atoms with E-state index in [-0.39, 0.29) is 23.2 Å². The first kappa shape index (κ1) is 29.2. The molecule has 0 radical (unpaired) electrons. The van der Waals surface area contributed by atoms with Gasteiger partial charge in [0, 0.05) is 34.1 Å². The number of hydrogen-bond acceptors (Lipinski definition) is 8. The van der Waals surface area contributed by atoms with Gasteiger partial charge in [0.1, 0.15) is 12.4 Å². The first-order chi connectivity index (χ1) is 21.0. The van der Waals surface area contributed by atoms with Crippen LogP contribution in [0.4, 0.5) is 5.69 Å². The number of allylic oxidation sites excluding steroid dienone is 5. The number of ketones is 1. The summed E-state index contributed by atoms with van der Waals surface area (Å²) in [5, 5.41) is 22.1. The van der Waals surface area contributed by atoms with Gasteiger partial charge < -0.3 is 30.2 Å². The predicted octanol–water partition coefficient (Wildman–Crippen LogP) is 5.08. The van der Waals surface area contributed by atoms with Crippen molar-refractivity contribution in [3.05, 3.63) is 95.6 Å². The number of benzene rings is 2. The van der Waals surface area contributed by atoms with Gasteiger partial charge in [-0.05, 0) is 67.4 Å². The summed E-state index contributed by atoms with van der Waals surface area (Å²) in [6.07, 6.45) is 7.07. The summed E-state index contributed by atoms with van der Waals surface area (Å²) in [5.41, 5.74) is 7.13. The van der Waals surface area contributed by atoms with Crippen molar-refractivity contribution in [1.29, 1.82) is 0 Å². The molecule has 1 saturated heterocycles. The van der Waals surface area contributed by atoms with Gasteiger partial charge in [-0.15, -0.1) is 0 Å². The maximum atomic E-state index is 13.8. The van der Waals surface area contributed by atoms with Gasteiger partial charge in [-0.3, -0.25) is 4.79 Å². The van der Waals surface area contributed by atoms with Crippen LogP contribution in [0.1, 0.15) is 61.7 Å². The normalized spacial score (nSPS) is 38.6. The predicted molar refractivity (Wildman–Crippen MR) is 163 cm³/mol. The fourth-order valence-electron chi connectivity index (χ4n) is 9.43. The molecule has 44 heavy (non-hydrogen) atoms. The van der Waals surface area contributed by atoms with E-state index in [1.54, 1.807) is 48.5 Å². The molecule has 9 atom stereocenters.